The summed E-state index contributed by atoms with van der Waals surface area (Å²) in [6.07, 6.45) is 3.34. The highest BCUT2D eigenvalue weighted by molar-refractivity contribution is 5.85. The quantitative estimate of drug-likeness (QED) is 0.891. The highest BCUT2D eigenvalue weighted by atomic mass is 35.5. The standard InChI is InChI=1S/C17H26FN3O.ClH/c1-20(15-7-5-10-19-11-9-15)13-17(22)21(2)12-14-6-3-4-8-16(14)18;/h3-4,6,8,15,19H,5,7,9-13H2,1-2H3;1H. The topological polar surface area (TPSA) is 35.6 Å². The van der Waals surface area contributed by atoms with Crippen LogP contribution < -0.4 is 5.32 Å². The van der Waals surface area contributed by atoms with Gasteiger partial charge in [-0.3, -0.25) is 9.69 Å². The largest absolute Gasteiger partial charge is 0.340 e. The number of nitrogens with one attached hydrogen (secondary N) is 1. The van der Waals surface area contributed by atoms with E-state index in [4.69, 9.17) is 0 Å². The van der Waals surface area contributed by atoms with E-state index in [-0.39, 0.29) is 24.1 Å². The average Bonchev–Trinajstić information content (AvgIpc) is 2.78. The third-order valence-electron chi connectivity index (χ3n) is 4.34. The highest BCUT2D eigenvalue weighted by Crippen LogP contribution is 2.13. The van der Waals surface area contributed by atoms with E-state index in [2.05, 4.69) is 10.2 Å². The van der Waals surface area contributed by atoms with Crippen molar-refractivity contribution in [2.45, 2.75) is 31.8 Å². The van der Waals surface area contributed by atoms with E-state index < -0.39 is 0 Å². The first-order valence-corrected chi connectivity index (χ1v) is 7.96. The highest BCUT2D eigenvalue weighted by Gasteiger charge is 2.20. The van der Waals surface area contributed by atoms with Gasteiger partial charge in [-0.25, -0.2) is 4.39 Å². The first-order chi connectivity index (χ1) is 10.6. The third kappa shape index (κ3) is 6.09. The Morgan fingerprint density at radius 3 is 2.74 bits per heavy atom. The molecule has 1 unspecified atom stereocenters. The predicted molar refractivity (Wildman–Crippen MR) is 93.3 cm³/mol. The summed E-state index contributed by atoms with van der Waals surface area (Å²) in [6.45, 7) is 2.76. The van der Waals surface area contributed by atoms with Gasteiger partial charge in [-0.2, -0.15) is 0 Å². The molecule has 6 heteroatoms. The van der Waals surface area contributed by atoms with Crippen LogP contribution in [0.5, 0.6) is 0 Å². The van der Waals surface area contributed by atoms with Gasteiger partial charge in [0, 0.05) is 25.2 Å². The van der Waals surface area contributed by atoms with Crippen molar-refractivity contribution in [2.75, 3.05) is 33.7 Å². The number of carbonyl (C=O) groups is 1. The second-order valence-corrected chi connectivity index (χ2v) is 6.09. The van der Waals surface area contributed by atoms with Gasteiger partial charge in [0.05, 0.1) is 6.54 Å². The van der Waals surface area contributed by atoms with Crippen LogP contribution in [0.25, 0.3) is 0 Å². The number of carbonyl (C=O) groups excluding carboxylic acids is 1. The summed E-state index contributed by atoms with van der Waals surface area (Å²) >= 11 is 0. The summed E-state index contributed by atoms with van der Waals surface area (Å²) < 4.78 is 13.7. The summed E-state index contributed by atoms with van der Waals surface area (Å²) in [4.78, 5) is 16.1. The minimum atomic E-state index is -0.259. The van der Waals surface area contributed by atoms with Crippen molar-refractivity contribution in [3.63, 3.8) is 0 Å². The molecule has 0 spiro atoms. The van der Waals surface area contributed by atoms with E-state index in [0.717, 1.165) is 32.4 Å². The van der Waals surface area contributed by atoms with Gasteiger partial charge in [0.15, 0.2) is 0 Å². The van der Waals surface area contributed by atoms with E-state index >= 15 is 0 Å². The molecule has 0 radical (unpaired) electrons. The fraction of sp³-hybridized carbons (Fsp3) is 0.588. The molecule has 130 valence electrons. The Morgan fingerprint density at radius 1 is 1.26 bits per heavy atom. The zero-order valence-corrected chi connectivity index (χ0v) is 14.7. The van der Waals surface area contributed by atoms with Gasteiger partial charge in [-0.15, -0.1) is 12.4 Å². The Kier molecular flexibility index (Phi) is 8.52. The molecule has 0 aromatic heterocycles. The first-order valence-electron chi connectivity index (χ1n) is 7.96. The van der Waals surface area contributed by atoms with Gasteiger partial charge in [0.1, 0.15) is 5.82 Å². The van der Waals surface area contributed by atoms with Crippen LogP contribution >= 0.6 is 12.4 Å². The van der Waals surface area contributed by atoms with Crippen LogP contribution in [0, 0.1) is 5.82 Å². The molecule has 1 N–H and O–H groups in total. The maximum absolute atomic E-state index is 13.7. The van der Waals surface area contributed by atoms with Gasteiger partial charge >= 0.3 is 0 Å². The number of rotatable bonds is 5. The Bertz CT molecular complexity index is 492. The zero-order chi connectivity index (χ0) is 15.9. The second-order valence-electron chi connectivity index (χ2n) is 6.09. The van der Waals surface area contributed by atoms with Crippen LogP contribution in [0.4, 0.5) is 4.39 Å². The molecule has 1 aliphatic heterocycles. The molecule has 1 aromatic rings. The molecular formula is C17H27ClFN3O. The Hall–Kier alpha value is -1.17. The first kappa shape index (κ1) is 19.9. The molecule has 0 aliphatic carbocycles. The molecule has 1 saturated heterocycles. The fourth-order valence-electron chi connectivity index (χ4n) is 2.87. The number of likely N-dealkylation sites (N-methyl/N-ethyl adjacent to an activating group) is 2. The normalized spacial score (nSPS) is 18.2. The Labute approximate surface area is 144 Å². The summed E-state index contributed by atoms with van der Waals surface area (Å²) in [5.41, 5.74) is 0.555. The van der Waals surface area contributed by atoms with Crippen molar-refractivity contribution >= 4 is 18.3 Å². The lowest BCUT2D eigenvalue weighted by molar-refractivity contribution is -0.131. The summed E-state index contributed by atoms with van der Waals surface area (Å²) in [6, 6.07) is 7.05. The maximum atomic E-state index is 13.7. The molecule has 1 atom stereocenters. The molecule has 0 bridgehead atoms. The van der Waals surface area contributed by atoms with Crippen LogP contribution in [0.2, 0.25) is 0 Å². The number of halogens is 2. The minimum absolute atomic E-state index is 0. The van der Waals surface area contributed by atoms with Gasteiger partial charge in [0.25, 0.3) is 0 Å². The predicted octanol–water partition coefficient (Wildman–Crippen LogP) is 2.28. The molecule has 1 amide bonds. The number of hydrogen-bond acceptors (Lipinski definition) is 3. The van der Waals surface area contributed by atoms with E-state index in [1.807, 2.05) is 7.05 Å². The fourth-order valence-corrected chi connectivity index (χ4v) is 2.87. The molecule has 1 fully saturated rings. The second kappa shape index (κ2) is 9.85. The van der Waals surface area contributed by atoms with Gasteiger partial charge in [-0.1, -0.05) is 18.2 Å². The minimum Gasteiger partial charge on any atom is -0.340 e. The number of nitrogens with zero attached hydrogens (tertiary/aromatic N) is 2. The van der Waals surface area contributed by atoms with E-state index in [0.29, 0.717) is 24.7 Å². The third-order valence-corrected chi connectivity index (χ3v) is 4.34. The van der Waals surface area contributed by atoms with E-state index in [9.17, 15) is 9.18 Å². The number of amides is 1. The molecule has 1 aliphatic rings. The lowest BCUT2D eigenvalue weighted by Gasteiger charge is -2.28. The zero-order valence-electron chi connectivity index (χ0n) is 13.9. The maximum Gasteiger partial charge on any atom is 0.236 e. The van der Waals surface area contributed by atoms with E-state index in [1.165, 1.54) is 6.07 Å². The molecule has 1 aromatic carbocycles. The van der Waals surface area contributed by atoms with Gasteiger partial charge < -0.3 is 10.2 Å². The van der Waals surface area contributed by atoms with Crippen molar-refractivity contribution in [1.82, 2.24) is 15.1 Å². The van der Waals surface area contributed by atoms with Crippen LogP contribution in [-0.2, 0) is 11.3 Å². The van der Waals surface area contributed by atoms with Gasteiger partial charge in [0.2, 0.25) is 5.91 Å². The molecule has 0 saturated carbocycles. The summed E-state index contributed by atoms with van der Waals surface area (Å²) in [5, 5.41) is 3.38. The lowest BCUT2D eigenvalue weighted by atomic mass is 10.1. The van der Waals surface area contributed by atoms with Crippen LogP contribution in [0.3, 0.4) is 0 Å². The smallest absolute Gasteiger partial charge is 0.236 e. The SMILES string of the molecule is CN(Cc1ccccc1F)C(=O)CN(C)C1CCCNCC1.Cl. The summed E-state index contributed by atoms with van der Waals surface area (Å²) in [7, 11) is 3.74. The van der Waals surface area contributed by atoms with Crippen molar-refractivity contribution in [1.29, 1.82) is 0 Å². The van der Waals surface area contributed by atoms with Crippen LogP contribution in [-0.4, -0.2) is 55.5 Å². The molecule has 4 nitrogen and oxygen atoms in total. The van der Waals surface area contributed by atoms with Crippen molar-refractivity contribution in [3.05, 3.63) is 35.6 Å². The van der Waals surface area contributed by atoms with E-state index in [1.54, 1.807) is 30.1 Å². The van der Waals surface area contributed by atoms with Gasteiger partial charge in [-0.05, 0) is 45.5 Å². The Balaban J connectivity index is 0.00000264. The molecule has 2 rings (SSSR count). The molecule has 1 heterocycles. The van der Waals surface area contributed by atoms with Crippen molar-refractivity contribution < 1.29 is 9.18 Å². The number of hydrogen-bond donors (Lipinski definition) is 1. The van der Waals surface area contributed by atoms with Crippen LogP contribution in [0.1, 0.15) is 24.8 Å². The molecule has 23 heavy (non-hydrogen) atoms. The molecular weight excluding hydrogens is 317 g/mol. The Morgan fingerprint density at radius 2 is 2.00 bits per heavy atom. The van der Waals surface area contributed by atoms with Crippen molar-refractivity contribution in [3.8, 4) is 0 Å². The number of benzene rings is 1. The lowest BCUT2D eigenvalue weighted by Crippen LogP contribution is -2.41. The van der Waals surface area contributed by atoms with Crippen molar-refractivity contribution in [2.24, 2.45) is 0 Å². The monoisotopic (exact) mass is 343 g/mol. The van der Waals surface area contributed by atoms with Crippen LogP contribution in [0.15, 0.2) is 24.3 Å². The summed E-state index contributed by atoms with van der Waals surface area (Å²) in [5.74, 6) is -0.228. The average molecular weight is 344 g/mol.